The van der Waals surface area contributed by atoms with Crippen molar-refractivity contribution in [1.82, 2.24) is 4.98 Å². The Labute approximate surface area is 109 Å². The van der Waals surface area contributed by atoms with Gasteiger partial charge in [0.05, 0.1) is 5.52 Å². The number of hydrogen-bond acceptors (Lipinski definition) is 2. The minimum Gasteiger partial charge on any atom is -0.241 e. The second-order valence-corrected chi connectivity index (χ2v) is 4.99. The molecule has 0 bridgehead atoms. The Hall–Kier alpha value is -1.87. The van der Waals surface area contributed by atoms with Crippen LogP contribution in [0.25, 0.3) is 10.9 Å². The van der Waals surface area contributed by atoms with E-state index in [1.807, 2.05) is 36.4 Å². The van der Waals surface area contributed by atoms with E-state index in [2.05, 4.69) is 4.98 Å². The Kier molecular flexibility index (Phi) is 2.99. The largest absolute Gasteiger partial charge is 0.241 e. The highest BCUT2D eigenvalue weighted by molar-refractivity contribution is 7.99. The van der Waals surface area contributed by atoms with E-state index < -0.39 is 0 Å². The average molecular weight is 255 g/mol. The molecule has 3 aromatic rings. The van der Waals surface area contributed by atoms with Crippen LogP contribution in [-0.2, 0) is 0 Å². The van der Waals surface area contributed by atoms with Crippen LogP contribution >= 0.6 is 11.8 Å². The van der Waals surface area contributed by atoms with Gasteiger partial charge in [-0.3, -0.25) is 0 Å². The molecule has 0 atom stereocenters. The van der Waals surface area contributed by atoms with Gasteiger partial charge in [-0.1, -0.05) is 36.0 Å². The molecule has 18 heavy (non-hydrogen) atoms. The molecule has 0 amide bonds. The summed E-state index contributed by atoms with van der Waals surface area (Å²) in [6.45, 7) is 0. The van der Waals surface area contributed by atoms with Crippen LogP contribution in [0.1, 0.15) is 0 Å². The number of rotatable bonds is 2. The monoisotopic (exact) mass is 255 g/mol. The van der Waals surface area contributed by atoms with Crippen LogP contribution in [0.15, 0.2) is 70.6 Å². The van der Waals surface area contributed by atoms with Crippen LogP contribution in [0.2, 0.25) is 0 Å². The maximum atomic E-state index is 12.8. The molecule has 3 heteroatoms. The molecule has 1 heterocycles. The number of para-hydroxylation sites is 1. The summed E-state index contributed by atoms with van der Waals surface area (Å²) in [6.07, 6.45) is 0. The first-order chi connectivity index (χ1) is 8.81. The van der Waals surface area contributed by atoms with Crippen LogP contribution in [0, 0.1) is 5.82 Å². The molecule has 0 saturated heterocycles. The molecule has 3 rings (SSSR count). The van der Waals surface area contributed by atoms with Crippen molar-refractivity contribution >= 4 is 22.7 Å². The maximum absolute atomic E-state index is 12.8. The van der Waals surface area contributed by atoms with Gasteiger partial charge in [0.25, 0.3) is 0 Å². The van der Waals surface area contributed by atoms with Gasteiger partial charge in [-0.05, 0) is 36.4 Å². The first-order valence-corrected chi connectivity index (χ1v) is 6.42. The van der Waals surface area contributed by atoms with Gasteiger partial charge in [0.2, 0.25) is 0 Å². The highest BCUT2D eigenvalue weighted by atomic mass is 32.2. The van der Waals surface area contributed by atoms with Crippen molar-refractivity contribution in [3.8, 4) is 0 Å². The second kappa shape index (κ2) is 4.78. The third-order valence-electron chi connectivity index (χ3n) is 2.61. The van der Waals surface area contributed by atoms with E-state index in [9.17, 15) is 4.39 Å². The quantitative estimate of drug-likeness (QED) is 0.667. The van der Waals surface area contributed by atoms with Gasteiger partial charge in [-0.15, -0.1) is 0 Å². The summed E-state index contributed by atoms with van der Waals surface area (Å²) < 4.78 is 12.8. The lowest BCUT2D eigenvalue weighted by atomic mass is 10.2. The smallest absolute Gasteiger partial charge is 0.123 e. The number of hydrogen-bond donors (Lipinski definition) is 0. The number of benzene rings is 2. The summed E-state index contributed by atoms with van der Waals surface area (Å²) in [7, 11) is 0. The Balaban J connectivity index is 1.92. The normalized spacial score (nSPS) is 10.7. The van der Waals surface area contributed by atoms with Crippen LogP contribution in [0.4, 0.5) is 4.39 Å². The summed E-state index contributed by atoms with van der Waals surface area (Å²) in [4.78, 5) is 5.55. The summed E-state index contributed by atoms with van der Waals surface area (Å²) in [5.41, 5.74) is 0.976. The minimum absolute atomic E-state index is 0.217. The zero-order chi connectivity index (χ0) is 12.4. The molecule has 0 aliphatic heterocycles. The second-order valence-electron chi connectivity index (χ2n) is 3.90. The van der Waals surface area contributed by atoms with Crippen molar-refractivity contribution in [2.24, 2.45) is 0 Å². The Bertz CT molecular complexity index is 679. The molecule has 1 nitrogen and oxygen atoms in total. The summed E-state index contributed by atoms with van der Waals surface area (Å²) in [5.74, 6) is -0.217. The van der Waals surface area contributed by atoms with Crippen molar-refractivity contribution < 1.29 is 4.39 Å². The number of nitrogens with zero attached hydrogens (tertiary/aromatic N) is 1. The average Bonchev–Trinajstić information content (AvgIpc) is 2.41. The Morgan fingerprint density at radius 2 is 1.61 bits per heavy atom. The lowest BCUT2D eigenvalue weighted by Gasteiger charge is -2.02. The summed E-state index contributed by atoms with van der Waals surface area (Å²) >= 11 is 1.53. The lowest BCUT2D eigenvalue weighted by Crippen LogP contribution is -1.82. The van der Waals surface area contributed by atoms with E-state index >= 15 is 0 Å². The highest BCUT2D eigenvalue weighted by Crippen LogP contribution is 2.27. The van der Waals surface area contributed by atoms with Crippen molar-refractivity contribution in [1.29, 1.82) is 0 Å². The van der Waals surface area contributed by atoms with Gasteiger partial charge in [0, 0.05) is 10.3 Å². The molecule has 0 aliphatic rings. The zero-order valence-electron chi connectivity index (χ0n) is 9.51. The number of aromatic nitrogens is 1. The van der Waals surface area contributed by atoms with Gasteiger partial charge in [0.1, 0.15) is 10.8 Å². The Morgan fingerprint density at radius 1 is 0.833 bits per heavy atom. The van der Waals surface area contributed by atoms with Gasteiger partial charge < -0.3 is 0 Å². The number of halogens is 1. The number of fused-ring (bicyclic) bond motifs is 1. The van der Waals surface area contributed by atoms with E-state index in [1.54, 1.807) is 12.1 Å². The molecule has 0 radical (unpaired) electrons. The van der Waals surface area contributed by atoms with Gasteiger partial charge in [-0.25, -0.2) is 9.37 Å². The van der Waals surface area contributed by atoms with E-state index in [-0.39, 0.29) is 5.82 Å². The van der Waals surface area contributed by atoms with E-state index in [0.29, 0.717) is 0 Å². The topological polar surface area (TPSA) is 12.9 Å². The summed E-state index contributed by atoms with van der Waals surface area (Å²) in [5, 5.41) is 2.04. The van der Waals surface area contributed by atoms with Crippen molar-refractivity contribution in [2.75, 3.05) is 0 Å². The van der Waals surface area contributed by atoms with Crippen LogP contribution in [-0.4, -0.2) is 4.98 Å². The Morgan fingerprint density at radius 3 is 2.44 bits per heavy atom. The highest BCUT2D eigenvalue weighted by Gasteiger charge is 2.01. The van der Waals surface area contributed by atoms with Crippen molar-refractivity contribution in [2.45, 2.75) is 9.92 Å². The fourth-order valence-corrected chi connectivity index (χ4v) is 2.52. The van der Waals surface area contributed by atoms with Crippen LogP contribution in [0.5, 0.6) is 0 Å². The molecular formula is C15H10FNS. The molecule has 88 valence electrons. The van der Waals surface area contributed by atoms with Crippen molar-refractivity contribution in [3.63, 3.8) is 0 Å². The predicted molar refractivity (Wildman–Crippen MR) is 72.3 cm³/mol. The summed E-state index contributed by atoms with van der Waals surface area (Å²) in [6, 6.07) is 18.5. The molecule has 0 unspecified atom stereocenters. The van der Waals surface area contributed by atoms with Gasteiger partial charge in [0.15, 0.2) is 0 Å². The third kappa shape index (κ3) is 2.36. The standard InChI is InChI=1S/C15H10FNS/c16-12-6-8-13(9-7-12)18-15-10-5-11-3-1-2-4-14(11)17-15/h1-10H. The van der Waals surface area contributed by atoms with Gasteiger partial charge >= 0.3 is 0 Å². The molecule has 0 spiro atoms. The number of pyridine rings is 1. The molecule has 0 fully saturated rings. The van der Waals surface area contributed by atoms with Crippen LogP contribution < -0.4 is 0 Å². The SMILES string of the molecule is Fc1ccc(Sc2ccc3ccccc3n2)cc1. The zero-order valence-corrected chi connectivity index (χ0v) is 10.3. The van der Waals surface area contributed by atoms with E-state index in [0.717, 1.165) is 20.8 Å². The fraction of sp³-hybridized carbons (Fsp3) is 0. The van der Waals surface area contributed by atoms with Crippen LogP contribution in [0.3, 0.4) is 0 Å². The molecule has 0 aliphatic carbocycles. The molecule has 0 N–H and O–H groups in total. The minimum atomic E-state index is -0.217. The van der Waals surface area contributed by atoms with Crippen molar-refractivity contribution in [3.05, 3.63) is 66.5 Å². The lowest BCUT2D eigenvalue weighted by molar-refractivity contribution is 0.626. The predicted octanol–water partition coefficient (Wildman–Crippen LogP) is 4.53. The molecular weight excluding hydrogens is 245 g/mol. The van der Waals surface area contributed by atoms with E-state index in [4.69, 9.17) is 0 Å². The fourth-order valence-electron chi connectivity index (χ4n) is 1.73. The first-order valence-electron chi connectivity index (χ1n) is 5.60. The van der Waals surface area contributed by atoms with Gasteiger partial charge in [-0.2, -0.15) is 0 Å². The first kappa shape index (κ1) is 11.2. The molecule has 2 aromatic carbocycles. The third-order valence-corrected chi connectivity index (χ3v) is 3.55. The molecule has 1 aromatic heterocycles. The maximum Gasteiger partial charge on any atom is 0.123 e. The van der Waals surface area contributed by atoms with E-state index in [1.165, 1.54) is 23.9 Å². The molecule has 0 saturated carbocycles.